The summed E-state index contributed by atoms with van der Waals surface area (Å²) in [5.41, 5.74) is 5.79. The van der Waals surface area contributed by atoms with E-state index in [0.717, 1.165) is 5.69 Å². The van der Waals surface area contributed by atoms with Crippen LogP contribution in [0.4, 0.5) is 0 Å². The predicted octanol–water partition coefficient (Wildman–Crippen LogP) is -0.870. The van der Waals surface area contributed by atoms with Gasteiger partial charge in [0.2, 0.25) is 5.91 Å². The maximum atomic E-state index is 10.3. The van der Waals surface area contributed by atoms with Gasteiger partial charge in [0.1, 0.15) is 6.61 Å². The highest BCUT2D eigenvalue weighted by Crippen LogP contribution is 1.94. The lowest BCUT2D eigenvalue weighted by molar-refractivity contribution is -0.122. The molecular weight excluding hydrogens is 204 g/mol. The fourth-order valence-electron chi connectivity index (χ4n) is 0.795. The Labute approximate surface area is 85.6 Å². The first-order chi connectivity index (χ1) is 6.79. The molecule has 7 heteroatoms. The monoisotopic (exact) mass is 216 g/mol. The van der Waals surface area contributed by atoms with E-state index in [4.69, 9.17) is 10.5 Å². The summed E-state index contributed by atoms with van der Waals surface area (Å²) in [6.45, 7) is 1.75. The third-order valence-corrected chi connectivity index (χ3v) is 1.93. The minimum absolute atomic E-state index is 0.0278. The fourth-order valence-corrected chi connectivity index (χ4v) is 1.25. The number of ether oxygens (including phenoxy) is 1. The molecule has 0 aliphatic carbocycles. The van der Waals surface area contributed by atoms with Crippen LogP contribution in [0.5, 0.6) is 0 Å². The molecule has 0 aliphatic rings. The Bertz CT molecular complexity index is 265. The molecule has 0 unspecified atom stereocenters. The van der Waals surface area contributed by atoms with Gasteiger partial charge in [0, 0.05) is 18.5 Å². The van der Waals surface area contributed by atoms with Crippen LogP contribution in [0.2, 0.25) is 0 Å². The maximum absolute atomic E-state index is 10.3. The first-order valence-electron chi connectivity index (χ1n) is 4.11. The van der Waals surface area contributed by atoms with E-state index >= 15 is 0 Å². The molecule has 1 rings (SSSR count). The van der Waals surface area contributed by atoms with Crippen LogP contribution in [0.25, 0.3) is 0 Å². The lowest BCUT2D eigenvalue weighted by Gasteiger charge is -2.02. The lowest BCUT2D eigenvalue weighted by Crippen LogP contribution is -2.23. The molecule has 0 saturated carbocycles. The molecule has 0 aliphatic heterocycles. The molecule has 1 aromatic heterocycles. The van der Waals surface area contributed by atoms with Crippen LogP contribution in [0.1, 0.15) is 5.69 Å². The molecule has 1 amide bonds. The number of hydrogen-bond acceptors (Lipinski definition) is 6. The molecule has 0 aromatic carbocycles. The second kappa shape index (κ2) is 6.41. The maximum Gasteiger partial charge on any atom is 0.243 e. The summed E-state index contributed by atoms with van der Waals surface area (Å²) in [5.74, 6) is -0.450. The van der Waals surface area contributed by atoms with Crippen molar-refractivity contribution in [2.24, 2.45) is 5.73 Å². The number of hydrogen-bond donors (Lipinski definition) is 2. The third kappa shape index (κ3) is 4.85. The third-order valence-electron chi connectivity index (χ3n) is 1.38. The largest absolute Gasteiger partial charge is 0.370 e. The number of amides is 1. The normalized spacial score (nSPS) is 10.3. The van der Waals surface area contributed by atoms with E-state index in [9.17, 15) is 4.79 Å². The second-order valence-corrected chi connectivity index (χ2v) is 3.20. The van der Waals surface area contributed by atoms with E-state index in [-0.39, 0.29) is 6.61 Å². The van der Waals surface area contributed by atoms with E-state index in [0.29, 0.717) is 19.7 Å². The zero-order valence-electron chi connectivity index (χ0n) is 7.60. The molecule has 0 bridgehead atoms. The number of rotatable bonds is 7. The summed E-state index contributed by atoms with van der Waals surface area (Å²) < 4.78 is 8.66. The molecule has 0 atom stereocenters. The zero-order chi connectivity index (χ0) is 10.2. The molecule has 6 nitrogen and oxygen atoms in total. The number of aromatic nitrogens is 2. The molecule has 0 radical (unpaired) electrons. The minimum Gasteiger partial charge on any atom is -0.370 e. The van der Waals surface area contributed by atoms with E-state index in [1.807, 2.05) is 5.38 Å². The standard InChI is InChI=1S/C7H12N4O2S/c8-7(12)4-13-2-1-9-3-6-5-14-11-10-6/h5,9H,1-4H2,(H2,8,12). The Hall–Kier alpha value is -1.05. The van der Waals surface area contributed by atoms with Gasteiger partial charge in [0.25, 0.3) is 0 Å². The van der Waals surface area contributed by atoms with Crippen molar-refractivity contribution in [1.82, 2.24) is 14.9 Å². The molecule has 0 fully saturated rings. The van der Waals surface area contributed by atoms with E-state index in [1.165, 1.54) is 11.5 Å². The number of carbonyl (C=O) groups is 1. The van der Waals surface area contributed by atoms with Crippen molar-refractivity contribution in [3.63, 3.8) is 0 Å². The van der Waals surface area contributed by atoms with Crippen molar-refractivity contribution in [2.45, 2.75) is 6.54 Å². The number of primary amides is 1. The van der Waals surface area contributed by atoms with Gasteiger partial charge < -0.3 is 15.8 Å². The van der Waals surface area contributed by atoms with Crippen LogP contribution in [-0.4, -0.2) is 35.3 Å². The summed E-state index contributed by atoms with van der Waals surface area (Å²) >= 11 is 1.32. The Kier molecular flexibility index (Phi) is 5.05. The average Bonchev–Trinajstić information content (AvgIpc) is 2.63. The van der Waals surface area contributed by atoms with Crippen LogP contribution in [0.3, 0.4) is 0 Å². The molecule has 78 valence electrons. The topological polar surface area (TPSA) is 90.1 Å². The molecule has 0 spiro atoms. The summed E-state index contributed by atoms with van der Waals surface area (Å²) in [6, 6.07) is 0. The van der Waals surface area contributed by atoms with E-state index < -0.39 is 5.91 Å². The fraction of sp³-hybridized carbons (Fsp3) is 0.571. The zero-order valence-corrected chi connectivity index (χ0v) is 8.42. The Balaban J connectivity index is 1.92. The van der Waals surface area contributed by atoms with Crippen LogP contribution in [0.15, 0.2) is 5.38 Å². The number of carbonyl (C=O) groups excluding carboxylic acids is 1. The van der Waals surface area contributed by atoms with Gasteiger partial charge in [-0.3, -0.25) is 4.79 Å². The highest BCUT2D eigenvalue weighted by Gasteiger charge is 1.96. The summed E-state index contributed by atoms with van der Waals surface area (Å²) in [6.07, 6.45) is 0. The summed E-state index contributed by atoms with van der Waals surface area (Å²) in [4.78, 5) is 10.3. The van der Waals surface area contributed by atoms with Crippen molar-refractivity contribution in [1.29, 1.82) is 0 Å². The van der Waals surface area contributed by atoms with Gasteiger partial charge in [-0.25, -0.2) is 0 Å². The minimum atomic E-state index is -0.450. The predicted molar refractivity (Wildman–Crippen MR) is 51.6 cm³/mol. The van der Waals surface area contributed by atoms with Gasteiger partial charge in [-0.05, 0) is 11.5 Å². The lowest BCUT2D eigenvalue weighted by atomic mass is 10.5. The van der Waals surface area contributed by atoms with Crippen molar-refractivity contribution in [3.05, 3.63) is 11.1 Å². The first kappa shape index (κ1) is 11.0. The summed E-state index contributed by atoms with van der Waals surface area (Å²) in [7, 11) is 0. The quantitative estimate of drug-likeness (QED) is 0.578. The molecular formula is C7H12N4O2S. The number of nitrogens with zero attached hydrogens (tertiary/aromatic N) is 2. The van der Waals surface area contributed by atoms with Crippen LogP contribution in [0, 0.1) is 0 Å². The molecule has 1 aromatic rings. The highest BCUT2D eigenvalue weighted by molar-refractivity contribution is 7.03. The number of nitrogens with two attached hydrogens (primary N) is 1. The van der Waals surface area contributed by atoms with Gasteiger partial charge in [0.15, 0.2) is 0 Å². The van der Waals surface area contributed by atoms with E-state index in [2.05, 4.69) is 14.9 Å². The highest BCUT2D eigenvalue weighted by atomic mass is 32.1. The van der Waals surface area contributed by atoms with Gasteiger partial charge in [-0.1, -0.05) is 4.49 Å². The molecule has 3 N–H and O–H groups in total. The van der Waals surface area contributed by atoms with E-state index in [1.54, 1.807) is 0 Å². The Morgan fingerprint density at radius 2 is 2.57 bits per heavy atom. The van der Waals surface area contributed by atoms with Crippen molar-refractivity contribution >= 4 is 17.4 Å². The van der Waals surface area contributed by atoms with Gasteiger partial charge in [-0.2, -0.15) is 0 Å². The molecule has 0 saturated heterocycles. The summed E-state index contributed by atoms with van der Waals surface area (Å²) in [5, 5.41) is 8.81. The SMILES string of the molecule is NC(=O)COCCNCc1csnn1. The second-order valence-electron chi connectivity index (χ2n) is 2.59. The van der Waals surface area contributed by atoms with Gasteiger partial charge in [-0.15, -0.1) is 5.10 Å². The van der Waals surface area contributed by atoms with Crippen molar-refractivity contribution in [3.8, 4) is 0 Å². The Morgan fingerprint density at radius 3 is 3.21 bits per heavy atom. The van der Waals surface area contributed by atoms with Crippen molar-refractivity contribution < 1.29 is 9.53 Å². The van der Waals surface area contributed by atoms with Crippen LogP contribution in [-0.2, 0) is 16.1 Å². The molecule has 14 heavy (non-hydrogen) atoms. The van der Waals surface area contributed by atoms with Gasteiger partial charge >= 0.3 is 0 Å². The Morgan fingerprint density at radius 1 is 1.71 bits per heavy atom. The average molecular weight is 216 g/mol. The van der Waals surface area contributed by atoms with Crippen LogP contribution < -0.4 is 11.1 Å². The smallest absolute Gasteiger partial charge is 0.243 e. The van der Waals surface area contributed by atoms with Crippen LogP contribution >= 0.6 is 11.5 Å². The molecule has 1 heterocycles. The number of nitrogens with one attached hydrogen (secondary N) is 1. The first-order valence-corrected chi connectivity index (χ1v) is 4.95. The van der Waals surface area contributed by atoms with Gasteiger partial charge in [0.05, 0.1) is 12.3 Å². The van der Waals surface area contributed by atoms with Crippen molar-refractivity contribution in [2.75, 3.05) is 19.8 Å².